The first-order chi connectivity index (χ1) is 17.3. The van der Waals surface area contributed by atoms with Crippen molar-refractivity contribution >= 4 is 44.0 Å². The Morgan fingerprint density at radius 3 is 2.42 bits per heavy atom. The number of anilines is 1. The zero-order valence-corrected chi connectivity index (χ0v) is 21.4. The van der Waals surface area contributed by atoms with Crippen molar-refractivity contribution in [1.29, 1.82) is 0 Å². The SMILES string of the molecule is O=C1CN(S(=O)(=O)c2ccc3cc(Cl)ccc3c2)CC(CO)N1CC1CCN(c2ccncc2)CC1. The van der Waals surface area contributed by atoms with Crippen molar-refractivity contribution in [2.75, 3.05) is 44.2 Å². The van der Waals surface area contributed by atoms with Crippen LogP contribution in [0.15, 0.2) is 65.8 Å². The molecule has 2 aromatic carbocycles. The zero-order chi connectivity index (χ0) is 25.3. The van der Waals surface area contributed by atoms with E-state index in [2.05, 4.69) is 9.88 Å². The van der Waals surface area contributed by atoms with Crippen molar-refractivity contribution in [3.63, 3.8) is 0 Å². The number of pyridine rings is 1. The molecule has 10 heteroatoms. The van der Waals surface area contributed by atoms with Crippen LogP contribution < -0.4 is 4.90 Å². The first-order valence-electron chi connectivity index (χ1n) is 12.1. The van der Waals surface area contributed by atoms with E-state index in [9.17, 15) is 18.3 Å². The van der Waals surface area contributed by atoms with E-state index in [1.807, 2.05) is 12.1 Å². The van der Waals surface area contributed by atoms with Gasteiger partial charge >= 0.3 is 0 Å². The summed E-state index contributed by atoms with van der Waals surface area (Å²) in [6.07, 6.45) is 5.42. The minimum absolute atomic E-state index is 0.0685. The minimum Gasteiger partial charge on any atom is -0.394 e. The van der Waals surface area contributed by atoms with Crippen LogP contribution in [0.5, 0.6) is 0 Å². The third-order valence-electron chi connectivity index (χ3n) is 7.21. The average molecular weight is 529 g/mol. The van der Waals surface area contributed by atoms with Crippen LogP contribution in [0.4, 0.5) is 5.69 Å². The fraction of sp³-hybridized carbons (Fsp3) is 0.385. The molecule has 1 N–H and O–H groups in total. The third-order valence-corrected chi connectivity index (χ3v) is 9.25. The van der Waals surface area contributed by atoms with Gasteiger partial charge in [-0.15, -0.1) is 0 Å². The van der Waals surface area contributed by atoms with Crippen molar-refractivity contribution in [3.8, 4) is 0 Å². The van der Waals surface area contributed by atoms with Crippen LogP contribution in [0, 0.1) is 5.92 Å². The molecule has 2 aliphatic heterocycles. The van der Waals surface area contributed by atoms with Gasteiger partial charge < -0.3 is 14.9 Å². The Morgan fingerprint density at radius 2 is 1.69 bits per heavy atom. The van der Waals surface area contributed by atoms with Gasteiger partial charge in [0.15, 0.2) is 0 Å². The standard InChI is InChI=1S/C26H29ClN4O4S/c27-22-3-1-21-14-25(4-2-20(21)13-22)36(34,35)30-16-24(18-32)31(26(33)17-30)15-19-7-11-29(12-8-19)23-5-9-28-10-6-23/h1-6,9-10,13-14,19,24,32H,7-8,11-12,15-18H2. The first-order valence-corrected chi connectivity index (χ1v) is 13.9. The van der Waals surface area contributed by atoms with Gasteiger partial charge in [-0.05, 0) is 65.9 Å². The highest BCUT2D eigenvalue weighted by atomic mass is 35.5. The summed E-state index contributed by atoms with van der Waals surface area (Å²) in [7, 11) is -3.90. The number of nitrogens with zero attached hydrogens (tertiary/aromatic N) is 4. The maximum Gasteiger partial charge on any atom is 0.243 e. The van der Waals surface area contributed by atoms with Crippen LogP contribution >= 0.6 is 11.6 Å². The number of aromatic nitrogens is 1. The van der Waals surface area contributed by atoms with Crippen LogP contribution in [0.25, 0.3) is 10.8 Å². The summed E-state index contributed by atoms with van der Waals surface area (Å²) < 4.78 is 28.0. The van der Waals surface area contributed by atoms with E-state index in [4.69, 9.17) is 11.6 Å². The summed E-state index contributed by atoms with van der Waals surface area (Å²) in [5.74, 6) is 0.0320. The summed E-state index contributed by atoms with van der Waals surface area (Å²) in [4.78, 5) is 21.3. The van der Waals surface area contributed by atoms with E-state index in [0.717, 1.165) is 42.4 Å². The van der Waals surface area contributed by atoms with E-state index in [0.29, 0.717) is 17.5 Å². The number of fused-ring (bicyclic) bond motifs is 1. The number of aliphatic hydroxyl groups is 1. The highest BCUT2D eigenvalue weighted by molar-refractivity contribution is 7.89. The molecule has 5 rings (SSSR count). The Kier molecular flexibility index (Phi) is 7.16. The minimum atomic E-state index is -3.90. The fourth-order valence-electron chi connectivity index (χ4n) is 5.14. The number of benzene rings is 2. The lowest BCUT2D eigenvalue weighted by molar-refractivity contribution is -0.139. The molecule has 1 unspecified atom stereocenters. The molecule has 3 heterocycles. The number of rotatable bonds is 6. The highest BCUT2D eigenvalue weighted by Crippen LogP contribution is 2.28. The van der Waals surface area contributed by atoms with E-state index in [1.54, 1.807) is 47.6 Å². The van der Waals surface area contributed by atoms with Crippen LogP contribution in [0.3, 0.4) is 0 Å². The van der Waals surface area contributed by atoms with Gasteiger partial charge in [-0.2, -0.15) is 4.31 Å². The van der Waals surface area contributed by atoms with Crippen molar-refractivity contribution in [1.82, 2.24) is 14.2 Å². The van der Waals surface area contributed by atoms with E-state index in [-0.39, 0.29) is 30.5 Å². The molecule has 2 aliphatic rings. The number of piperazine rings is 1. The summed E-state index contributed by atoms with van der Waals surface area (Å²) >= 11 is 6.04. The number of aliphatic hydroxyl groups excluding tert-OH is 1. The third kappa shape index (κ3) is 5.06. The molecule has 1 atom stereocenters. The highest BCUT2D eigenvalue weighted by Gasteiger charge is 2.39. The van der Waals surface area contributed by atoms with Crippen LogP contribution in [0.1, 0.15) is 12.8 Å². The molecule has 1 aromatic heterocycles. The molecule has 190 valence electrons. The molecule has 0 radical (unpaired) electrons. The Labute approximate surface area is 216 Å². The molecule has 0 saturated carbocycles. The number of hydrogen-bond acceptors (Lipinski definition) is 6. The molecule has 2 saturated heterocycles. The van der Waals surface area contributed by atoms with Crippen molar-refractivity contribution in [2.24, 2.45) is 5.92 Å². The molecule has 3 aromatic rings. The summed E-state index contributed by atoms with van der Waals surface area (Å²) in [5, 5.41) is 12.2. The zero-order valence-electron chi connectivity index (χ0n) is 19.8. The van der Waals surface area contributed by atoms with Crippen molar-refractivity contribution in [3.05, 3.63) is 65.9 Å². The van der Waals surface area contributed by atoms with E-state index < -0.39 is 16.1 Å². The molecule has 0 bridgehead atoms. The van der Waals surface area contributed by atoms with Gasteiger partial charge in [-0.1, -0.05) is 23.7 Å². The largest absolute Gasteiger partial charge is 0.394 e. The number of sulfonamides is 1. The Balaban J connectivity index is 1.26. The molecule has 2 fully saturated rings. The molecular formula is C26H29ClN4O4S. The Bertz CT molecular complexity index is 1350. The van der Waals surface area contributed by atoms with E-state index >= 15 is 0 Å². The first kappa shape index (κ1) is 25.0. The van der Waals surface area contributed by atoms with Crippen LogP contribution in [0.2, 0.25) is 5.02 Å². The van der Waals surface area contributed by atoms with Crippen LogP contribution in [-0.2, 0) is 14.8 Å². The average Bonchev–Trinajstić information content (AvgIpc) is 2.90. The molecule has 0 aliphatic carbocycles. The number of piperidine rings is 1. The fourth-order valence-corrected chi connectivity index (χ4v) is 6.79. The van der Waals surface area contributed by atoms with Gasteiger partial charge in [-0.25, -0.2) is 8.42 Å². The second-order valence-corrected chi connectivity index (χ2v) is 11.8. The normalized spacial score (nSPS) is 20.3. The number of amides is 1. The van der Waals surface area contributed by atoms with Crippen molar-refractivity contribution < 1.29 is 18.3 Å². The molecule has 8 nitrogen and oxygen atoms in total. The summed E-state index contributed by atoms with van der Waals surface area (Å²) in [6, 6.07) is 13.5. The second-order valence-electron chi connectivity index (χ2n) is 9.47. The topological polar surface area (TPSA) is 94.0 Å². The van der Waals surface area contributed by atoms with Crippen LogP contribution in [-0.4, -0.2) is 79.0 Å². The maximum absolute atomic E-state index is 13.4. The monoisotopic (exact) mass is 528 g/mol. The smallest absolute Gasteiger partial charge is 0.243 e. The van der Waals surface area contributed by atoms with Gasteiger partial charge in [0, 0.05) is 49.3 Å². The quantitative estimate of drug-likeness (QED) is 0.528. The maximum atomic E-state index is 13.4. The lowest BCUT2D eigenvalue weighted by atomic mass is 9.95. The van der Waals surface area contributed by atoms with E-state index in [1.165, 1.54) is 10.4 Å². The molecule has 1 amide bonds. The lowest BCUT2D eigenvalue weighted by Gasteiger charge is -2.42. The van der Waals surface area contributed by atoms with Gasteiger partial charge in [0.2, 0.25) is 15.9 Å². The van der Waals surface area contributed by atoms with Gasteiger partial charge in [-0.3, -0.25) is 9.78 Å². The Hall–Kier alpha value is -2.72. The number of carbonyl (C=O) groups is 1. The predicted octanol–water partition coefficient (Wildman–Crippen LogP) is 3.00. The number of hydrogen-bond donors (Lipinski definition) is 1. The summed E-state index contributed by atoms with van der Waals surface area (Å²) in [5.41, 5.74) is 1.14. The number of halogens is 1. The Morgan fingerprint density at radius 1 is 1.00 bits per heavy atom. The second kappa shape index (κ2) is 10.3. The molecular weight excluding hydrogens is 500 g/mol. The van der Waals surface area contributed by atoms with Crippen molar-refractivity contribution in [2.45, 2.75) is 23.8 Å². The number of carbonyl (C=O) groups excluding carboxylic acids is 1. The molecule has 0 spiro atoms. The lowest BCUT2D eigenvalue weighted by Crippen LogP contribution is -2.60. The van der Waals surface area contributed by atoms with Gasteiger partial charge in [0.25, 0.3) is 0 Å². The summed E-state index contributed by atoms with van der Waals surface area (Å²) in [6.45, 7) is 1.84. The molecule has 36 heavy (non-hydrogen) atoms. The van der Waals surface area contributed by atoms with Gasteiger partial charge in [0.1, 0.15) is 0 Å². The predicted molar refractivity (Wildman–Crippen MR) is 139 cm³/mol. The van der Waals surface area contributed by atoms with Gasteiger partial charge in [0.05, 0.1) is 24.1 Å².